The van der Waals surface area contributed by atoms with Crippen LogP contribution >= 0.6 is 0 Å². The van der Waals surface area contributed by atoms with Gasteiger partial charge in [-0.1, -0.05) is 18.2 Å². The molecule has 0 unspecified atom stereocenters. The predicted octanol–water partition coefficient (Wildman–Crippen LogP) is 2.01. The third-order valence-corrected chi connectivity index (χ3v) is 4.64. The number of piperazine rings is 1. The zero-order valence-corrected chi connectivity index (χ0v) is 15.1. The van der Waals surface area contributed by atoms with Crippen molar-refractivity contribution in [2.75, 3.05) is 50.1 Å². The average molecular weight is 353 g/mol. The standard InChI is InChI=1S/C20H23N3O3/c1-21(16-6-4-3-5-7-16)19(24)20(25)23-14-12-22(13-15-23)17-8-10-18(26-2)11-9-17/h3-11H,12-15H2,1-2H3. The number of methoxy groups -OCH3 is 1. The molecule has 2 aromatic carbocycles. The lowest BCUT2D eigenvalue weighted by Crippen LogP contribution is -2.53. The number of rotatable bonds is 3. The number of nitrogens with zero attached hydrogens (tertiary/aromatic N) is 3. The Kier molecular flexibility index (Phi) is 5.41. The highest BCUT2D eigenvalue weighted by Gasteiger charge is 2.28. The monoisotopic (exact) mass is 353 g/mol. The first-order valence-electron chi connectivity index (χ1n) is 8.61. The van der Waals surface area contributed by atoms with E-state index in [4.69, 9.17) is 4.74 Å². The molecule has 136 valence electrons. The maximum absolute atomic E-state index is 12.5. The number of hydrogen-bond acceptors (Lipinski definition) is 4. The van der Waals surface area contributed by atoms with Gasteiger partial charge in [0.15, 0.2) is 0 Å². The molecule has 2 amide bonds. The second-order valence-corrected chi connectivity index (χ2v) is 6.18. The van der Waals surface area contributed by atoms with Gasteiger partial charge in [-0.15, -0.1) is 0 Å². The minimum atomic E-state index is -0.505. The number of carbonyl (C=O) groups is 2. The maximum atomic E-state index is 12.5. The molecule has 1 aliphatic heterocycles. The van der Waals surface area contributed by atoms with E-state index in [0.29, 0.717) is 31.9 Å². The quantitative estimate of drug-likeness (QED) is 0.792. The van der Waals surface area contributed by atoms with Crippen LogP contribution in [0.3, 0.4) is 0 Å². The van der Waals surface area contributed by atoms with Crippen molar-refractivity contribution in [1.82, 2.24) is 4.90 Å². The third kappa shape index (κ3) is 3.79. The van der Waals surface area contributed by atoms with E-state index in [0.717, 1.165) is 11.4 Å². The van der Waals surface area contributed by atoms with Gasteiger partial charge in [0.05, 0.1) is 7.11 Å². The fourth-order valence-corrected chi connectivity index (χ4v) is 3.01. The van der Waals surface area contributed by atoms with Gasteiger partial charge in [-0.25, -0.2) is 0 Å². The van der Waals surface area contributed by atoms with Crippen molar-refractivity contribution < 1.29 is 14.3 Å². The third-order valence-electron chi connectivity index (χ3n) is 4.64. The number of ether oxygens (including phenoxy) is 1. The van der Waals surface area contributed by atoms with E-state index in [9.17, 15) is 9.59 Å². The van der Waals surface area contributed by atoms with E-state index in [-0.39, 0.29) is 0 Å². The topological polar surface area (TPSA) is 53.1 Å². The molecular formula is C20H23N3O3. The fourth-order valence-electron chi connectivity index (χ4n) is 3.01. The molecule has 0 spiro atoms. The van der Waals surface area contributed by atoms with Gasteiger partial charge in [0.25, 0.3) is 0 Å². The summed E-state index contributed by atoms with van der Waals surface area (Å²) in [6.07, 6.45) is 0. The normalized spacial score (nSPS) is 14.1. The van der Waals surface area contributed by atoms with Gasteiger partial charge in [-0.05, 0) is 36.4 Å². The summed E-state index contributed by atoms with van der Waals surface area (Å²) in [6.45, 7) is 2.44. The smallest absolute Gasteiger partial charge is 0.316 e. The summed E-state index contributed by atoms with van der Waals surface area (Å²) in [7, 11) is 3.27. The van der Waals surface area contributed by atoms with Crippen LogP contribution in [0.5, 0.6) is 5.75 Å². The summed E-state index contributed by atoms with van der Waals surface area (Å²) in [5.41, 5.74) is 1.80. The maximum Gasteiger partial charge on any atom is 0.316 e. The van der Waals surface area contributed by atoms with Gasteiger partial charge < -0.3 is 19.4 Å². The first kappa shape index (κ1) is 17.8. The van der Waals surface area contributed by atoms with Crippen molar-refractivity contribution >= 4 is 23.2 Å². The van der Waals surface area contributed by atoms with E-state index in [2.05, 4.69) is 4.90 Å². The van der Waals surface area contributed by atoms with E-state index in [1.54, 1.807) is 19.1 Å². The minimum absolute atomic E-state index is 0.453. The number of para-hydroxylation sites is 1. The van der Waals surface area contributed by atoms with E-state index < -0.39 is 11.8 Å². The molecule has 0 radical (unpaired) electrons. The Balaban J connectivity index is 1.58. The molecule has 0 saturated carbocycles. The van der Waals surface area contributed by atoms with Crippen molar-refractivity contribution in [3.05, 3.63) is 54.6 Å². The van der Waals surface area contributed by atoms with Crippen LogP contribution in [0.4, 0.5) is 11.4 Å². The number of hydrogen-bond donors (Lipinski definition) is 0. The highest BCUT2D eigenvalue weighted by Crippen LogP contribution is 2.21. The predicted molar refractivity (Wildman–Crippen MR) is 102 cm³/mol. The SMILES string of the molecule is COc1ccc(N2CCN(C(=O)C(=O)N(C)c3ccccc3)CC2)cc1. The van der Waals surface area contributed by atoms with Crippen molar-refractivity contribution in [3.63, 3.8) is 0 Å². The Hall–Kier alpha value is -3.02. The summed E-state index contributed by atoms with van der Waals surface area (Å²) in [5.74, 6) is -0.142. The lowest BCUT2D eigenvalue weighted by Gasteiger charge is -2.36. The van der Waals surface area contributed by atoms with Gasteiger partial charge >= 0.3 is 11.8 Å². The number of likely N-dealkylation sites (N-methyl/N-ethyl adjacent to an activating group) is 1. The summed E-state index contributed by atoms with van der Waals surface area (Å²) < 4.78 is 5.18. The van der Waals surface area contributed by atoms with Gasteiger partial charge in [0.2, 0.25) is 0 Å². The van der Waals surface area contributed by atoms with Crippen LogP contribution in [0.15, 0.2) is 54.6 Å². The lowest BCUT2D eigenvalue weighted by molar-refractivity contribution is -0.144. The lowest BCUT2D eigenvalue weighted by atomic mass is 10.2. The largest absolute Gasteiger partial charge is 0.497 e. The molecule has 0 aromatic heterocycles. The Bertz CT molecular complexity index is 754. The van der Waals surface area contributed by atoms with Gasteiger partial charge in [-0.2, -0.15) is 0 Å². The molecule has 1 heterocycles. The first-order chi connectivity index (χ1) is 12.6. The molecule has 0 N–H and O–H groups in total. The van der Waals surface area contributed by atoms with Crippen LogP contribution < -0.4 is 14.5 Å². The summed E-state index contributed by atoms with van der Waals surface area (Å²) in [6, 6.07) is 17.0. The zero-order chi connectivity index (χ0) is 18.5. The molecule has 0 aliphatic carbocycles. The van der Waals surface area contributed by atoms with Crippen LogP contribution in [0.2, 0.25) is 0 Å². The van der Waals surface area contributed by atoms with E-state index in [1.807, 2.05) is 54.6 Å². The molecule has 6 heteroatoms. The number of benzene rings is 2. The molecule has 2 aromatic rings. The van der Waals surface area contributed by atoms with E-state index in [1.165, 1.54) is 4.90 Å². The Morgan fingerprint density at radius 2 is 1.54 bits per heavy atom. The highest BCUT2D eigenvalue weighted by molar-refractivity contribution is 6.40. The van der Waals surface area contributed by atoms with Gasteiger partial charge in [0, 0.05) is 44.6 Å². The number of carbonyl (C=O) groups excluding carboxylic acids is 2. The number of amides is 2. The van der Waals surface area contributed by atoms with Crippen molar-refractivity contribution in [3.8, 4) is 5.75 Å². The van der Waals surface area contributed by atoms with Gasteiger partial charge in [0.1, 0.15) is 5.75 Å². The summed E-state index contributed by atoms with van der Waals surface area (Å²) in [5, 5.41) is 0. The number of anilines is 2. The minimum Gasteiger partial charge on any atom is -0.497 e. The molecule has 0 atom stereocenters. The summed E-state index contributed by atoms with van der Waals surface area (Å²) >= 11 is 0. The first-order valence-corrected chi connectivity index (χ1v) is 8.61. The molecule has 26 heavy (non-hydrogen) atoms. The molecule has 1 aliphatic rings. The van der Waals surface area contributed by atoms with Crippen molar-refractivity contribution in [1.29, 1.82) is 0 Å². The second-order valence-electron chi connectivity index (χ2n) is 6.18. The van der Waals surface area contributed by atoms with Crippen LogP contribution in [-0.2, 0) is 9.59 Å². The van der Waals surface area contributed by atoms with Crippen LogP contribution in [0.1, 0.15) is 0 Å². The van der Waals surface area contributed by atoms with Crippen molar-refractivity contribution in [2.45, 2.75) is 0 Å². The Labute approximate surface area is 153 Å². The highest BCUT2D eigenvalue weighted by atomic mass is 16.5. The van der Waals surface area contributed by atoms with Crippen LogP contribution in [0, 0.1) is 0 Å². The Morgan fingerprint density at radius 3 is 2.12 bits per heavy atom. The zero-order valence-electron chi connectivity index (χ0n) is 15.1. The van der Waals surface area contributed by atoms with E-state index >= 15 is 0 Å². The molecule has 1 fully saturated rings. The summed E-state index contributed by atoms with van der Waals surface area (Å²) in [4.78, 5) is 30.2. The van der Waals surface area contributed by atoms with Gasteiger partial charge in [-0.3, -0.25) is 9.59 Å². The molecule has 1 saturated heterocycles. The average Bonchev–Trinajstić information content (AvgIpc) is 2.73. The second kappa shape index (κ2) is 7.91. The molecule has 3 rings (SSSR count). The molecule has 6 nitrogen and oxygen atoms in total. The van der Waals surface area contributed by atoms with Crippen molar-refractivity contribution in [2.24, 2.45) is 0 Å². The molecule has 0 bridgehead atoms. The van der Waals surface area contributed by atoms with Crippen LogP contribution in [-0.4, -0.2) is 57.1 Å². The fraction of sp³-hybridized carbons (Fsp3) is 0.300. The van der Waals surface area contributed by atoms with Crippen LogP contribution in [0.25, 0.3) is 0 Å². The Morgan fingerprint density at radius 1 is 0.923 bits per heavy atom. The molecular weight excluding hydrogens is 330 g/mol.